The van der Waals surface area contributed by atoms with E-state index >= 15 is 0 Å². The Morgan fingerprint density at radius 1 is 1.24 bits per heavy atom. The third-order valence-electron chi connectivity index (χ3n) is 3.72. The van der Waals surface area contributed by atoms with Crippen molar-refractivity contribution in [2.75, 3.05) is 0 Å². The minimum atomic E-state index is 0.0201. The molecule has 3 nitrogen and oxygen atoms in total. The molecule has 0 aliphatic rings. The lowest BCUT2D eigenvalue weighted by Gasteiger charge is -2.18. The number of imidazole rings is 1. The van der Waals surface area contributed by atoms with Crippen LogP contribution in [0.1, 0.15) is 29.9 Å². The molecule has 5 heteroatoms. The number of fused-ring (bicyclic) bond motifs is 1. The van der Waals surface area contributed by atoms with Crippen molar-refractivity contribution in [1.29, 1.82) is 0 Å². The Morgan fingerprint density at radius 3 is 2.71 bits per heavy atom. The lowest BCUT2D eigenvalue weighted by Crippen LogP contribution is -2.11. The van der Waals surface area contributed by atoms with Crippen LogP contribution in [0.25, 0.3) is 11.2 Å². The molecule has 108 valence electrons. The summed E-state index contributed by atoms with van der Waals surface area (Å²) < 4.78 is 2.07. The molecule has 0 aliphatic heterocycles. The molecule has 0 aliphatic carbocycles. The average Bonchev–Trinajstić information content (AvgIpc) is 2.87. The quantitative estimate of drug-likeness (QED) is 0.653. The fourth-order valence-corrected chi connectivity index (χ4v) is 3.09. The van der Waals surface area contributed by atoms with Crippen molar-refractivity contribution in [3.63, 3.8) is 0 Å². The Hall–Kier alpha value is -1.58. The summed E-state index contributed by atoms with van der Waals surface area (Å²) in [6.45, 7) is 4.11. The van der Waals surface area contributed by atoms with Gasteiger partial charge in [-0.1, -0.05) is 29.8 Å². The van der Waals surface area contributed by atoms with Gasteiger partial charge in [-0.05, 0) is 37.1 Å². The highest BCUT2D eigenvalue weighted by atomic mass is 35.5. The van der Waals surface area contributed by atoms with Crippen LogP contribution in [0.2, 0.25) is 5.02 Å². The third kappa shape index (κ3) is 2.41. The summed E-state index contributed by atoms with van der Waals surface area (Å²) in [5.41, 5.74) is 3.87. The van der Waals surface area contributed by atoms with Crippen molar-refractivity contribution in [2.24, 2.45) is 0 Å². The number of benzene rings is 1. The Kier molecular flexibility index (Phi) is 3.87. The highest BCUT2D eigenvalue weighted by Gasteiger charge is 2.20. The number of nitrogens with zero attached hydrogens (tertiary/aromatic N) is 3. The van der Waals surface area contributed by atoms with Crippen LogP contribution in [-0.4, -0.2) is 14.5 Å². The Morgan fingerprint density at radius 2 is 2.00 bits per heavy atom. The molecule has 3 aromatic rings. The van der Waals surface area contributed by atoms with E-state index in [0.717, 1.165) is 33.1 Å². The van der Waals surface area contributed by atoms with Gasteiger partial charge in [0, 0.05) is 11.2 Å². The first-order valence-corrected chi connectivity index (χ1v) is 7.67. The van der Waals surface area contributed by atoms with Crippen LogP contribution in [0.3, 0.4) is 0 Å². The first kappa shape index (κ1) is 14.4. The van der Waals surface area contributed by atoms with Gasteiger partial charge in [0.2, 0.25) is 0 Å². The number of rotatable bonds is 3. The average molecular weight is 320 g/mol. The number of pyridine rings is 1. The van der Waals surface area contributed by atoms with Crippen LogP contribution >= 0.6 is 23.2 Å². The smallest absolute Gasteiger partial charge is 0.160 e. The minimum Gasteiger partial charge on any atom is -0.304 e. The molecule has 0 fully saturated rings. The maximum atomic E-state index is 6.33. The number of halogens is 2. The standard InChI is InChI=1S/C16H15Cl2N3/c1-10-7-8-19-16-15(10)20-14(9-17)21(16)11(2)12-5-3-4-6-13(12)18/h3-8,11H,9H2,1-2H3. The molecule has 1 atom stereocenters. The van der Waals surface area contributed by atoms with E-state index in [1.54, 1.807) is 6.20 Å². The van der Waals surface area contributed by atoms with Gasteiger partial charge in [0.05, 0.1) is 11.9 Å². The summed E-state index contributed by atoms with van der Waals surface area (Å²) in [4.78, 5) is 9.12. The molecule has 21 heavy (non-hydrogen) atoms. The lowest BCUT2D eigenvalue weighted by atomic mass is 10.1. The summed E-state index contributed by atoms with van der Waals surface area (Å²) in [6, 6.07) is 9.80. The zero-order valence-corrected chi connectivity index (χ0v) is 13.4. The Bertz CT molecular complexity index is 795. The molecule has 1 unspecified atom stereocenters. The Balaban J connectivity index is 2.24. The summed E-state index contributed by atoms with van der Waals surface area (Å²) in [5.74, 6) is 1.14. The molecule has 0 saturated heterocycles. The summed E-state index contributed by atoms with van der Waals surface area (Å²) in [6.07, 6.45) is 1.80. The molecule has 3 rings (SSSR count). The van der Waals surface area contributed by atoms with E-state index in [1.165, 1.54) is 0 Å². The van der Waals surface area contributed by atoms with E-state index in [-0.39, 0.29) is 6.04 Å². The van der Waals surface area contributed by atoms with Gasteiger partial charge in [-0.25, -0.2) is 9.97 Å². The van der Waals surface area contributed by atoms with Crippen molar-refractivity contribution < 1.29 is 0 Å². The van der Waals surface area contributed by atoms with Crippen LogP contribution in [0.5, 0.6) is 0 Å². The molecule has 2 heterocycles. The number of hydrogen-bond acceptors (Lipinski definition) is 2. The molecule has 0 saturated carbocycles. The van der Waals surface area contributed by atoms with Gasteiger partial charge in [-0.2, -0.15) is 0 Å². The van der Waals surface area contributed by atoms with Gasteiger partial charge in [-0.3, -0.25) is 0 Å². The third-order valence-corrected chi connectivity index (χ3v) is 4.30. The fraction of sp³-hybridized carbons (Fsp3) is 0.250. The van der Waals surface area contributed by atoms with Gasteiger partial charge in [0.15, 0.2) is 5.65 Å². The Labute approximate surface area is 133 Å². The normalized spacial score (nSPS) is 12.8. The molecule has 0 radical (unpaired) electrons. The van der Waals surface area contributed by atoms with Gasteiger partial charge in [0.1, 0.15) is 11.3 Å². The van der Waals surface area contributed by atoms with Crippen molar-refractivity contribution in [2.45, 2.75) is 25.8 Å². The van der Waals surface area contributed by atoms with Crippen molar-refractivity contribution >= 4 is 34.4 Å². The largest absolute Gasteiger partial charge is 0.304 e. The molecule has 0 bridgehead atoms. The van der Waals surface area contributed by atoms with Crippen LogP contribution < -0.4 is 0 Å². The molecule has 0 N–H and O–H groups in total. The van der Waals surface area contributed by atoms with Crippen molar-refractivity contribution in [3.8, 4) is 0 Å². The predicted molar refractivity (Wildman–Crippen MR) is 87.1 cm³/mol. The molecule has 2 aromatic heterocycles. The van der Waals surface area contributed by atoms with E-state index in [0.29, 0.717) is 5.88 Å². The van der Waals surface area contributed by atoms with Crippen LogP contribution in [0.15, 0.2) is 36.5 Å². The highest BCUT2D eigenvalue weighted by Crippen LogP contribution is 2.30. The van der Waals surface area contributed by atoms with E-state index in [9.17, 15) is 0 Å². The van der Waals surface area contributed by atoms with E-state index < -0.39 is 0 Å². The predicted octanol–water partition coefficient (Wildman–Crippen LogP) is 4.74. The second kappa shape index (κ2) is 5.66. The van der Waals surface area contributed by atoms with Crippen molar-refractivity contribution in [3.05, 3.63) is 58.5 Å². The number of aryl methyl sites for hydroxylation is 1. The summed E-state index contributed by atoms with van der Waals surface area (Å²) >= 11 is 12.4. The van der Waals surface area contributed by atoms with E-state index in [4.69, 9.17) is 23.2 Å². The number of alkyl halides is 1. The molecular formula is C16H15Cl2N3. The van der Waals surface area contributed by atoms with Gasteiger partial charge >= 0.3 is 0 Å². The SMILES string of the molecule is Cc1ccnc2c1nc(CCl)n2C(C)c1ccccc1Cl. The van der Waals surface area contributed by atoms with Gasteiger partial charge in [0.25, 0.3) is 0 Å². The monoisotopic (exact) mass is 319 g/mol. The molecule has 0 spiro atoms. The zero-order valence-electron chi connectivity index (χ0n) is 11.8. The maximum Gasteiger partial charge on any atom is 0.160 e. The van der Waals surface area contributed by atoms with E-state index in [1.807, 2.05) is 37.3 Å². The summed E-state index contributed by atoms with van der Waals surface area (Å²) in [5, 5.41) is 0.736. The molecular weight excluding hydrogens is 305 g/mol. The fourth-order valence-electron chi connectivity index (χ4n) is 2.61. The zero-order chi connectivity index (χ0) is 15.0. The lowest BCUT2D eigenvalue weighted by molar-refractivity contribution is 0.629. The van der Waals surface area contributed by atoms with Gasteiger partial charge < -0.3 is 4.57 Å². The number of hydrogen-bond donors (Lipinski definition) is 0. The van der Waals surface area contributed by atoms with Crippen molar-refractivity contribution in [1.82, 2.24) is 14.5 Å². The first-order chi connectivity index (χ1) is 10.1. The van der Waals surface area contributed by atoms with E-state index in [2.05, 4.69) is 21.5 Å². The second-order valence-electron chi connectivity index (χ2n) is 5.03. The molecule has 1 aromatic carbocycles. The van der Waals surface area contributed by atoms with Crippen LogP contribution in [-0.2, 0) is 5.88 Å². The second-order valence-corrected chi connectivity index (χ2v) is 5.70. The van der Waals surface area contributed by atoms with Crippen LogP contribution in [0.4, 0.5) is 0 Å². The summed E-state index contributed by atoms with van der Waals surface area (Å²) in [7, 11) is 0. The van der Waals surface area contributed by atoms with Crippen LogP contribution in [0, 0.1) is 6.92 Å². The topological polar surface area (TPSA) is 30.7 Å². The van der Waals surface area contributed by atoms with Gasteiger partial charge in [-0.15, -0.1) is 11.6 Å². The molecule has 0 amide bonds. The highest BCUT2D eigenvalue weighted by molar-refractivity contribution is 6.31. The number of aromatic nitrogens is 3. The first-order valence-electron chi connectivity index (χ1n) is 6.76. The minimum absolute atomic E-state index is 0.0201. The maximum absolute atomic E-state index is 6.33.